The van der Waals surface area contributed by atoms with Crippen LogP contribution in [0.15, 0.2) is 59.0 Å². The van der Waals surface area contributed by atoms with Crippen molar-refractivity contribution in [3.63, 3.8) is 0 Å². The molecule has 0 atom stereocenters. The maximum Gasteiger partial charge on any atom is 0.416 e. The van der Waals surface area contributed by atoms with Crippen molar-refractivity contribution in [3.8, 4) is 0 Å². The number of non-ortho nitro benzene ring substituents is 2. The van der Waals surface area contributed by atoms with Gasteiger partial charge < -0.3 is 15.3 Å². The van der Waals surface area contributed by atoms with Crippen LogP contribution < -0.4 is 0 Å². The predicted molar refractivity (Wildman–Crippen MR) is 141 cm³/mol. The maximum atomic E-state index is 13.0. The van der Waals surface area contributed by atoms with Gasteiger partial charge in [0, 0.05) is 24.3 Å². The van der Waals surface area contributed by atoms with Crippen molar-refractivity contribution in [2.75, 3.05) is 26.2 Å². The normalized spacial score (nSPS) is 12.1. The molecule has 0 heterocycles. The van der Waals surface area contributed by atoms with Gasteiger partial charge in [0.05, 0.1) is 53.3 Å². The number of nitrogens with zero attached hydrogens (tertiary/aromatic N) is 6. The van der Waals surface area contributed by atoms with E-state index in [-0.39, 0.29) is 18.1 Å². The number of hydrogen-bond acceptors (Lipinski definition) is 8. The molecule has 0 aliphatic rings. The fraction of sp³-hybridized carbons (Fsp3) is 0.400. The van der Waals surface area contributed by atoms with Gasteiger partial charge in [-0.1, -0.05) is 12.1 Å². The lowest BCUT2D eigenvalue weighted by molar-refractivity contribution is -0.874. The van der Waals surface area contributed by atoms with E-state index in [0.717, 1.165) is 24.1 Å². The lowest BCUT2D eigenvalue weighted by atomic mass is 10.1. The Morgan fingerprint density at radius 3 is 1.81 bits per heavy atom. The molecule has 0 saturated carbocycles. The summed E-state index contributed by atoms with van der Waals surface area (Å²) in [6.45, 7) is 11.6. The largest absolute Gasteiger partial charge is 0.463 e. The molecule has 18 heteroatoms. The summed E-state index contributed by atoms with van der Waals surface area (Å²) in [6, 6.07) is 2.94. The Hall–Kier alpha value is -4.61. The average Bonchev–Trinajstić information content (AvgIpc) is 2.93. The van der Waals surface area contributed by atoms with Crippen molar-refractivity contribution < 1.29 is 50.2 Å². The predicted octanol–water partition coefficient (Wildman–Crippen LogP) is 8.18. The van der Waals surface area contributed by atoms with Gasteiger partial charge in [-0.25, -0.2) is 4.79 Å². The van der Waals surface area contributed by atoms with Crippen LogP contribution in [0.3, 0.4) is 0 Å². The molecule has 0 aromatic heterocycles. The van der Waals surface area contributed by atoms with Crippen LogP contribution in [0.25, 0.3) is 5.43 Å². The van der Waals surface area contributed by atoms with E-state index < -0.39 is 56.1 Å². The molecular weight excluding hydrogens is 594 g/mol. The summed E-state index contributed by atoms with van der Waals surface area (Å²) in [5.41, 5.74) is -3.67. The fourth-order valence-corrected chi connectivity index (χ4v) is 3.42. The highest BCUT2D eigenvalue weighted by Crippen LogP contribution is 2.42. The number of esters is 1. The van der Waals surface area contributed by atoms with E-state index >= 15 is 0 Å². The van der Waals surface area contributed by atoms with E-state index in [1.54, 1.807) is 6.08 Å². The molecule has 0 bridgehead atoms. The van der Waals surface area contributed by atoms with Gasteiger partial charge in [0.25, 0.3) is 11.4 Å². The summed E-state index contributed by atoms with van der Waals surface area (Å²) < 4.78 is 83.8. The van der Waals surface area contributed by atoms with E-state index in [9.17, 15) is 51.4 Å². The molecule has 12 nitrogen and oxygen atoms in total. The van der Waals surface area contributed by atoms with Gasteiger partial charge in [0.1, 0.15) is 6.20 Å². The Kier molecular flexibility index (Phi) is 13.2. The number of carbonyl (C=O) groups is 1. The quantitative estimate of drug-likeness (QED) is 0.0469. The third-order valence-corrected chi connectivity index (χ3v) is 6.00. The van der Waals surface area contributed by atoms with Crippen LogP contribution in [0.1, 0.15) is 38.8 Å². The Bertz CT molecular complexity index is 1330. The van der Waals surface area contributed by atoms with E-state index in [1.165, 1.54) is 0 Å². The van der Waals surface area contributed by atoms with Gasteiger partial charge in [0.15, 0.2) is 0 Å². The van der Waals surface area contributed by atoms with E-state index in [4.69, 9.17) is 4.74 Å². The Balaban J connectivity index is 0.000000557. The maximum absolute atomic E-state index is 13.0. The van der Waals surface area contributed by atoms with Crippen LogP contribution >= 0.6 is 0 Å². The number of benzene rings is 2. The first-order chi connectivity index (χ1) is 19.9. The molecule has 0 N–H and O–H groups in total. The Morgan fingerprint density at radius 2 is 1.37 bits per heavy atom. The van der Waals surface area contributed by atoms with Crippen LogP contribution in [0.5, 0.6) is 0 Å². The molecule has 0 aliphatic heterocycles. The van der Waals surface area contributed by atoms with Crippen molar-refractivity contribution in [3.05, 3.63) is 85.5 Å². The number of alkyl halides is 6. The summed E-state index contributed by atoms with van der Waals surface area (Å²) in [5.74, 6) is -0.245. The second-order valence-corrected chi connectivity index (χ2v) is 8.44. The first-order valence-electron chi connectivity index (χ1n) is 12.5. The standard InChI is InChI=1S/C14H6F6N5O4.C11H22NO2/c15-13(16,17)9-5-7(24(26)27)1-3-11(9)21-23-22-12-4-2-8(25(28)29)6-10(12)14(18,19)20;1-5-12(6-2,7-3)10-9-11(13)14-8-4/h1-6H;9-10H,5-8H2,1-4H3/q-1;+1/b;10-9+. The molecule has 2 rings (SSSR count). The number of ether oxygens (including phenoxy) is 1. The van der Waals surface area contributed by atoms with Crippen molar-refractivity contribution in [2.45, 2.75) is 40.0 Å². The number of nitro benzene ring substituents is 2. The fourth-order valence-electron chi connectivity index (χ4n) is 3.42. The summed E-state index contributed by atoms with van der Waals surface area (Å²) >= 11 is 0. The monoisotopic (exact) mass is 622 g/mol. The van der Waals surface area contributed by atoms with Gasteiger partial charge in [-0.15, -0.1) is 0 Å². The van der Waals surface area contributed by atoms with Gasteiger partial charge in [-0.05, 0) is 39.1 Å². The van der Waals surface area contributed by atoms with E-state index in [0.29, 0.717) is 30.9 Å². The molecule has 0 spiro atoms. The minimum atomic E-state index is -5.06. The van der Waals surface area contributed by atoms with Crippen molar-refractivity contribution in [2.24, 2.45) is 10.3 Å². The summed E-state index contributed by atoms with van der Waals surface area (Å²) in [6.07, 6.45) is -6.65. The van der Waals surface area contributed by atoms with Gasteiger partial charge >= 0.3 is 18.3 Å². The molecule has 0 fully saturated rings. The number of rotatable bonds is 11. The van der Waals surface area contributed by atoms with E-state index in [1.807, 2.05) is 13.1 Å². The van der Waals surface area contributed by atoms with Crippen LogP contribution in [-0.4, -0.2) is 46.5 Å². The molecule has 0 saturated heterocycles. The van der Waals surface area contributed by atoms with Crippen LogP contribution in [0.4, 0.5) is 49.1 Å². The van der Waals surface area contributed by atoms with Crippen molar-refractivity contribution >= 4 is 28.7 Å². The molecule has 0 unspecified atom stereocenters. The summed E-state index contributed by atoms with van der Waals surface area (Å²) in [4.78, 5) is 30.2. The van der Waals surface area contributed by atoms with Gasteiger partial charge in [-0.3, -0.25) is 29.9 Å². The smallest absolute Gasteiger partial charge is 0.416 e. The lowest BCUT2D eigenvalue weighted by Gasteiger charge is -2.31. The van der Waals surface area contributed by atoms with Crippen LogP contribution in [0, 0.1) is 20.2 Å². The summed E-state index contributed by atoms with van der Waals surface area (Å²) in [5, 5.41) is 27.2. The number of nitro groups is 2. The molecular formula is C25H28F6N6O6. The number of hydrogen-bond donors (Lipinski definition) is 0. The van der Waals surface area contributed by atoms with Gasteiger partial charge in [-0.2, -0.15) is 26.3 Å². The van der Waals surface area contributed by atoms with Gasteiger partial charge in [0.2, 0.25) is 0 Å². The molecule has 0 radical (unpaired) electrons. The first kappa shape index (κ1) is 36.4. The number of halogens is 6. The SMILES string of the molecule is CCOC(=O)/C=C/[N+](CC)(CC)CC.O=[N+]([O-])c1ccc(N=N[N-]c2ccc([N+](=O)[O-])cc2C(F)(F)F)c(C(F)(F)F)c1. The van der Waals surface area contributed by atoms with Crippen LogP contribution in [-0.2, 0) is 21.9 Å². The zero-order chi connectivity index (χ0) is 33.0. The minimum Gasteiger partial charge on any atom is -0.463 e. The van der Waals surface area contributed by atoms with Crippen molar-refractivity contribution in [1.82, 2.24) is 0 Å². The topological polar surface area (TPSA) is 151 Å². The highest BCUT2D eigenvalue weighted by atomic mass is 19.4. The first-order valence-corrected chi connectivity index (χ1v) is 12.5. The van der Waals surface area contributed by atoms with E-state index in [2.05, 4.69) is 36.5 Å². The third-order valence-electron chi connectivity index (χ3n) is 6.00. The number of quaternary nitrogens is 1. The minimum absolute atomic E-state index is 0.182. The molecule has 2 aromatic carbocycles. The Morgan fingerprint density at radius 1 is 0.884 bits per heavy atom. The molecule has 2 aromatic rings. The average molecular weight is 623 g/mol. The Labute approximate surface area is 241 Å². The second kappa shape index (κ2) is 15.6. The molecule has 0 amide bonds. The highest BCUT2D eigenvalue weighted by molar-refractivity contribution is 5.81. The molecule has 43 heavy (non-hydrogen) atoms. The number of carbonyl (C=O) groups excluding carboxylic acids is 1. The second-order valence-electron chi connectivity index (χ2n) is 8.44. The molecule has 236 valence electrons. The zero-order valence-electron chi connectivity index (χ0n) is 23.3. The third kappa shape index (κ3) is 11.0. The van der Waals surface area contributed by atoms with Crippen LogP contribution in [0.2, 0.25) is 0 Å². The molecule has 0 aliphatic carbocycles. The zero-order valence-corrected chi connectivity index (χ0v) is 23.3. The van der Waals surface area contributed by atoms with Crippen molar-refractivity contribution in [1.29, 1.82) is 0 Å². The highest BCUT2D eigenvalue weighted by Gasteiger charge is 2.35. The summed E-state index contributed by atoms with van der Waals surface area (Å²) in [7, 11) is 0. The lowest BCUT2D eigenvalue weighted by Crippen LogP contribution is -2.42.